The van der Waals surface area contributed by atoms with Crippen molar-refractivity contribution in [3.05, 3.63) is 30.1 Å². The molecule has 2 aromatic rings. The van der Waals surface area contributed by atoms with Gasteiger partial charge in [-0.25, -0.2) is 4.98 Å². The van der Waals surface area contributed by atoms with Gasteiger partial charge in [0, 0.05) is 18.8 Å². The van der Waals surface area contributed by atoms with Gasteiger partial charge in [-0.3, -0.25) is 9.20 Å². The molecule has 0 aromatic carbocycles. The molecule has 1 atom stereocenters. The van der Waals surface area contributed by atoms with E-state index in [9.17, 15) is 10.1 Å². The first-order valence-corrected chi connectivity index (χ1v) is 7.72. The van der Waals surface area contributed by atoms with Crippen molar-refractivity contribution in [2.45, 2.75) is 37.8 Å². The number of rotatable bonds is 3. The predicted octanol–water partition coefficient (Wildman–Crippen LogP) is 1.45. The van der Waals surface area contributed by atoms with Crippen LogP contribution in [0.4, 0.5) is 5.82 Å². The molecule has 112 valence electrons. The quantitative estimate of drug-likeness (QED) is 0.930. The van der Waals surface area contributed by atoms with Crippen molar-refractivity contribution < 1.29 is 4.79 Å². The number of carbonyl (C=O) groups is 1. The highest BCUT2D eigenvalue weighted by Crippen LogP contribution is 2.29. The van der Waals surface area contributed by atoms with E-state index in [0.29, 0.717) is 17.6 Å². The maximum atomic E-state index is 12.4. The van der Waals surface area contributed by atoms with Gasteiger partial charge in [0.1, 0.15) is 17.8 Å². The summed E-state index contributed by atoms with van der Waals surface area (Å²) in [6, 6.07) is 8.03. The molecule has 3 heterocycles. The zero-order valence-corrected chi connectivity index (χ0v) is 12.2. The molecule has 0 radical (unpaired) electrons. The molecule has 0 spiro atoms. The molecule has 1 unspecified atom stereocenters. The van der Waals surface area contributed by atoms with E-state index in [0.717, 1.165) is 37.9 Å². The lowest BCUT2D eigenvalue weighted by atomic mass is 10.2. The number of nitrogens with zero attached hydrogens (tertiary/aromatic N) is 4. The minimum absolute atomic E-state index is 0.0703. The van der Waals surface area contributed by atoms with E-state index in [4.69, 9.17) is 0 Å². The van der Waals surface area contributed by atoms with E-state index < -0.39 is 0 Å². The molecule has 1 amide bonds. The Balaban J connectivity index is 1.70. The summed E-state index contributed by atoms with van der Waals surface area (Å²) in [7, 11) is 0. The molecule has 2 fully saturated rings. The Morgan fingerprint density at radius 3 is 3.00 bits per heavy atom. The summed E-state index contributed by atoms with van der Waals surface area (Å²) in [6.45, 7) is 0.765. The lowest BCUT2D eigenvalue weighted by Gasteiger charge is -2.24. The molecular formula is C16H17N5O. The van der Waals surface area contributed by atoms with Gasteiger partial charge in [0.15, 0.2) is 11.5 Å². The van der Waals surface area contributed by atoms with E-state index >= 15 is 0 Å². The maximum absolute atomic E-state index is 12.4. The predicted molar refractivity (Wildman–Crippen MR) is 81.4 cm³/mol. The van der Waals surface area contributed by atoms with Gasteiger partial charge < -0.3 is 10.2 Å². The summed E-state index contributed by atoms with van der Waals surface area (Å²) in [5.74, 6) is 0.697. The number of imidazole rings is 1. The number of nitrogens with one attached hydrogen (secondary N) is 1. The Hall–Kier alpha value is -2.55. The molecular weight excluding hydrogens is 278 g/mol. The van der Waals surface area contributed by atoms with Crippen molar-refractivity contribution in [1.29, 1.82) is 5.26 Å². The lowest BCUT2D eigenvalue weighted by molar-refractivity contribution is -0.122. The molecule has 1 saturated carbocycles. The van der Waals surface area contributed by atoms with Crippen LogP contribution in [-0.2, 0) is 4.79 Å². The van der Waals surface area contributed by atoms with Crippen molar-refractivity contribution >= 4 is 17.4 Å². The smallest absolute Gasteiger partial charge is 0.242 e. The summed E-state index contributed by atoms with van der Waals surface area (Å²) in [4.78, 5) is 19.0. The normalized spacial score (nSPS) is 21.0. The van der Waals surface area contributed by atoms with Gasteiger partial charge in [0.2, 0.25) is 5.91 Å². The van der Waals surface area contributed by atoms with Crippen LogP contribution in [0.3, 0.4) is 0 Å². The minimum atomic E-state index is -0.211. The van der Waals surface area contributed by atoms with Crippen LogP contribution in [0.15, 0.2) is 24.4 Å². The third-order valence-electron chi connectivity index (χ3n) is 4.37. The number of hydrogen-bond acceptors (Lipinski definition) is 4. The van der Waals surface area contributed by atoms with E-state index in [2.05, 4.69) is 16.4 Å². The van der Waals surface area contributed by atoms with Gasteiger partial charge >= 0.3 is 0 Å². The zero-order chi connectivity index (χ0) is 15.1. The van der Waals surface area contributed by atoms with Crippen LogP contribution in [0, 0.1) is 11.3 Å². The lowest BCUT2D eigenvalue weighted by Crippen LogP contribution is -2.44. The van der Waals surface area contributed by atoms with Gasteiger partial charge in [-0.15, -0.1) is 0 Å². The summed E-state index contributed by atoms with van der Waals surface area (Å²) in [5.41, 5.74) is 1.24. The summed E-state index contributed by atoms with van der Waals surface area (Å²) >= 11 is 0. The maximum Gasteiger partial charge on any atom is 0.242 e. The summed E-state index contributed by atoms with van der Waals surface area (Å²) < 4.78 is 1.78. The third kappa shape index (κ3) is 2.10. The first-order valence-electron chi connectivity index (χ1n) is 7.72. The molecule has 6 nitrogen and oxygen atoms in total. The second kappa shape index (κ2) is 5.02. The van der Waals surface area contributed by atoms with Gasteiger partial charge in [-0.1, -0.05) is 6.07 Å². The number of amides is 1. The van der Waals surface area contributed by atoms with Gasteiger partial charge in [0.05, 0.1) is 0 Å². The largest absolute Gasteiger partial charge is 0.352 e. The standard InChI is InChI=1S/C16H17N5O/c17-10-13-15(19-14-5-1-2-8-20(13)14)21-9-3-4-12(21)16(22)18-11-6-7-11/h1-2,5,8,11-12H,3-4,6-7,9H2,(H,18,22). The highest BCUT2D eigenvalue weighted by atomic mass is 16.2. The fourth-order valence-corrected chi connectivity index (χ4v) is 3.11. The van der Waals surface area contributed by atoms with E-state index in [1.807, 2.05) is 29.3 Å². The van der Waals surface area contributed by atoms with Gasteiger partial charge in [-0.05, 0) is 37.8 Å². The molecule has 2 aliphatic rings. The second-order valence-corrected chi connectivity index (χ2v) is 5.96. The summed E-state index contributed by atoms with van der Waals surface area (Å²) in [5, 5.41) is 12.6. The Bertz CT molecular complexity index is 770. The van der Waals surface area contributed by atoms with E-state index in [-0.39, 0.29) is 11.9 Å². The average molecular weight is 295 g/mol. The Kier molecular flexibility index (Phi) is 3.00. The van der Waals surface area contributed by atoms with Crippen LogP contribution < -0.4 is 10.2 Å². The summed E-state index contributed by atoms with van der Waals surface area (Å²) in [6.07, 6.45) is 5.76. The molecule has 4 rings (SSSR count). The zero-order valence-electron chi connectivity index (χ0n) is 12.2. The van der Waals surface area contributed by atoms with Crippen molar-refractivity contribution in [3.63, 3.8) is 0 Å². The monoisotopic (exact) mass is 295 g/mol. The molecule has 6 heteroatoms. The highest BCUT2D eigenvalue weighted by Gasteiger charge is 2.36. The minimum Gasteiger partial charge on any atom is -0.352 e. The number of aromatic nitrogens is 2. The molecule has 1 N–H and O–H groups in total. The Labute approximate surface area is 128 Å². The first-order chi connectivity index (χ1) is 10.8. The van der Waals surface area contributed by atoms with Crippen LogP contribution >= 0.6 is 0 Å². The molecule has 0 bridgehead atoms. The number of nitriles is 1. The fraction of sp³-hybridized carbons (Fsp3) is 0.438. The van der Waals surface area contributed by atoms with Crippen LogP contribution in [0.2, 0.25) is 0 Å². The average Bonchev–Trinajstić information content (AvgIpc) is 3.09. The number of fused-ring (bicyclic) bond motifs is 1. The molecule has 1 aliphatic carbocycles. The van der Waals surface area contributed by atoms with Gasteiger partial charge in [0.25, 0.3) is 0 Å². The molecule has 1 saturated heterocycles. The van der Waals surface area contributed by atoms with Crippen LogP contribution in [-0.4, -0.2) is 33.9 Å². The third-order valence-corrected chi connectivity index (χ3v) is 4.37. The number of pyridine rings is 1. The molecule has 1 aliphatic heterocycles. The van der Waals surface area contributed by atoms with Crippen LogP contribution in [0.5, 0.6) is 0 Å². The van der Waals surface area contributed by atoms with Crippen molar-refractivity contribution in [3.8, 4) is 6.07 Å². The van der Waals surface area contributed by atoms with Crippen LogP contribution in [0.1, 0.15) is 31.4 Å². The van der Waals surface area contributed by atoms with E-state index in [1.54, 1.807) is 4.40 Å². The number of hydrogen-bond donors (Lipinski definition) is 1. The van der Waals surface area contributed by atoms with E-state index in [1.165, 1.54) is 0 Å². The van der Waals surface area contributed by atoms with Gasteiger partial charge in [-0.2, -0.15) is 5.26 Å². The topological polar surface area (TPSA) is 73.4 Å². The van der Waals surface area contributed by atoms with Crippen LogP contribution in [0.25, 0.3) is 5.65 Å². The Morgan fingerprint density at radius 2 is 2.23 bits per heavy atom. The highest BCUT2D eigenvalue weighted by molar-refractivity contribution is 5.86. The first kappa shape index (κ1) is 13.1. The van der Waals surface area contributed by atoms with Crippen molar-refractivity contribution in [2.24, 2.45) is 0 Å². The van der Waals surface area contributed by atoms with Crippen molar-refractivity contribution in [1.82, 2.24) is 14.7 Å². The number of carbonyl (C=O) groups excluding carboxylic acids is 1. The Morgan fingerprint density at radius 1 is 1.36 bits per heavy atom. The fourth-order valence-electron chi connectivity index (χ4n) is 3.11. The number of anilines is 1. The molecule has 22 heavy (non-hydrogen) atoms. The van der Waals surface area contributed by atoms with Crippen molar-refractivity contribution in [2.75, 3.05) is 11.4 Å². The molecule has 2 aromatic heterocycles. The second-order valence-electron chi connectivity index (χ2n) is 5.96. The SMILES string of the molecule is N#Cc1c(N2CCCC2C(=O)NC2CC2)nc2ccccn12.